The third kappa shape index (κ3) is 3.76. The number of rotatable bonds is 4. The largest absolute Gasteiger partial charge is 0.306 e. The zero-order chi connectivity index (χ0) is 21.6. The van der Waals surface area contributed by atoms with Crippen LogP contribution >= 0.6 is 23.2 Å². The zero-order valence-corrected chi connectivity index (χ0v) is 17.3. The molecule has 9 nitrogen and oxygen atoms in total. The Kier molecular flexibility index (Phi) is 5.00. The molecule has 2 heterocycles. The van der Waals surface area contributed by atoms with Crippen molar-refractivity contribution in [1.82, 2.24) is 9.78 Å². The lowest BCUT2D eigenvalue weighted by molar-refractivity contribution is -0.384. The van der Waals surface area contributed by atoms with Crippen molar-refractivity contribution >= 4 is 50.5 Å². The molecule has 0 unspecified atom stereocenters. The van der Waals surface area contributed by atoms with Crippen LogP contribution in [0, 0.1) is 10.1 Å². The molecule has 1 amide bonds. The molecule has 1 aliphatic rings. The van der Waals surface area contributed by atoms with E-state index in [9.17, 15) is 23.3 Å². The molecule has 0 spiro atoms. The van der Waals surface area contributed by atoms with Crippen LogP contribution in [0.1, 0.15) is 21.6 Å². The van der Waals surface area contributed by atoms with E-state index in [1.807, 2.05) is 0 Å². The number of non-ortho nitro benzene ring substituents is 1. The molecular weight excluding hydrogens is 455 g/mol. The molecule has 1 aliphatic heterocycles. The van der Waals surface area contributed by atoms with Crippen molar-refractivity contribution in [2.75, 3.05) is 5.32 Å². The molecular formula is C18H12Cl2N4O5S. The van der Waals surface area contributed by atoms with Gasteiger partial charge >= 0.3 is 0 Å². The molecule has 2 aromatic carbocycles. The first-order valence-electron chi connectivity index (χ1n) is 8.47. The minimum atomic E-state index is -3.39. The fourth-order valence-corrected chi connectivity index (χ4v) is 5.02. The summed E-state index contributed by atoms with van der Waals surface area (Å²) in [5.41, 5.74) is 0.745. The van der Waals surface area contributed by atoms with E-state index < -0.39 is 20.7 Å². The lowest BCUT2D eigenvalue weighted by Crippen LogP contribution is -2.17. The van der Waals surface area contributed by atoms with Crippen molar-refractivity contribution in [3.8, 4) is 5.69 Å². The summed E-state index contributed by atoms with van der Waals surface area (Å²) < 4.78 is 25.5. The van der Waals surface area contributed by atoms with Crippen molar-refractivity contribution in [1.29, 1.82) is 0 Å². The van der Waals surface area contributed by atoms with Crippen LogP contribution in [0.3, 0.4) is 0 Å². The van der Waals surface area contributed by atoms with Crippen LogP contribution in [-0.4, -0.2) is 29.0 Å². The number of nitro groups is 1. The third-order valence-electron chi connectivity index (χ3n) is 4.48. The molecule has 0 fully saturated rings. The molecule has 0 bridgehead atoms. The maximum Gasteiger partial charge on any atom is 0.270 e. The van der Waals surface area contributed by atoms with Crippen molar-refractivity contribution < 1.29 is 18.1 Å². The number of benzene rings is 2. The number of hydrogen-bond acceptors (Lipinski definition) is 6. The Hall–Kier alpha value is -2.95. The Balaban J connectivity index is 1.80. The van der Waals surface area contributed by atoms with Gasteiger partial charge in [-0.05, 0) is 24.3 Å². The number of nitro benzene ring substituents is 1. The average Bonchev–Trinajstić information content (AvgIpc) is 3.14. The van der Waals surface area contributed by atoms with Crippen LogP contribution in [0.15, 0.2) is 42.5 Å². The van der Waals surface area contributed by atoms with E-state index in [1.165, 1.54) is 16.8 Å². The number of halogens is 2. The number of nitrogens with one attached hydrogen (secondary N) is 1. The number of hydrogen-bond donors (Lipinski definition) is 1. The molecule has 4 rings (SSSR count). The number of amides is 1. The van der Waals surface area contributed by atoms with Crippen molar-refractivity contribution in [2.24, 2.45) is 0 Å². The van der Waals surface area contributed by atoms with Gasteiger partial charge in [-0.2, -0.15) is 5.10 Å². The first-order valence-corrected chi connectivity index (χ1v) is 11.0. The maximum absolute atomic E-state index is 12.9. The van der Waals surface area contributed by atoms with Gasteiger partial charge in [0.15, 0.2) is 9.84 Å². The Morgan fingerprint density at radius 2 is 1.93 bits per heavy atom. The lowest BCUT2D eigenvalue weighted by atomic mass is 10.2. The summed E-state index contributed by atoms with van der Waals surface area (Å²) in [6.45, 7) is 0. The quantitative estimate of drug-likeness (QED) is 0.460. The summed E-state index contributed by atoms with van der Waals surface area (Å²) in [5, 5.41) is 18.4. The van der Waals surface area contributed by atoms with Crippen LogP contribution in [-0.2, 0) is 21.3 Å². The van der Waals surface area contributed by atoms with Gasteiger partial charge in [-0.3, -0.25) is 14.9 Å². The Labute approximate surface area is 180 Å². The van der Waals surface area contributed by atoms with Gasteiger partial charge in [0.05, 0.1) is 38.4 Å². The summed E-state index contributed by atoms with van der Waals surface area (Å²) in [5.74, 6) is -1.14. The smallest absolute Gasteiger partial charge is 0.270 e. The summed E-state index contributed by atoms with van der Waals surface area (Å²) in [4.78, 5) is 23.3. The SMILES string of the molecule is O=C(Nc1c2c(nn1-c1cccc(Cl)c1)CS(=O)(=O)C2)c1cc([N+](=O)[O-])ccc1Cl. The molecule has 154 valence electrons. The molecule has 1 aromatic heterocycles. The summed E-state index contributed by atoms with van der Waals surface area (Å²) in [6, 6.07) is 10.1. The van der Waals surface area contributed by atoms with Gasteiger partial charge in [0, 0.05) is 22.7 Å². The molecule has 0 saturated heterocycles. The first-order chi connectivity index (χ1) is 14.1. The van der Waals surface area contributed by atoms with Gasteiger partial charge in [0.25, 0.3) is 11.6 Å². The van der Waals surface area contributed by atoms with Crippen LogP contribution < -0.4 is 5.32 Å². The number of carbonyl (C=O) groups is 1. The van der Waals surface area contributed by atoms with E-state index in [2.05, 4.69) is 10.4 Å². The van der Waals surface area contributed by atoms with Gasteiger partial charge in [-0.15, -0.1) is 0 Å². The minimum absolute atomic E-state index is 0.0104. The van der Waals surface area contributed by atoms with E-state index in [-0.39, 0.29) is 33.6 Å². The van der Waals surface area contributed by atoms with Crippen LogP contribution in [0.5, 0.6) is 0 Å². The highest BCUT2D eigenvalue weighted by Gasteiger charge is 2.33. The minimum Gasteiger partial charge on any atom is -0.306 e. The normalized spacial score (nSPS) is 14.3. The second-order valence-corrected chi connectivity index (χ2v) is 9.48. The molecule has 0 saturated carbocycles. The van der Waals surface area contributed by atoms with E-state index in [0.717, 1.165) is 6.07 Å². The monoisotopic (exact) mass is 466 g/mol. The van der Waals surface area contributed by atoms with Gasteiger partial charge < -0.3 is 5.32 Å². The standard InChI is InChI=1S/C18H12Cl2N4O5S/c19-10-2-1-3-11(6-10)23-17(14-8-30(28,29)9-16(14)22-23)21-18(25)13-7-12(24(26)27)4-5-15(13)20/h1-7H,8-9H2,(H,21,25). The summed E-state index contributed by atoms with van der Waals surface area (Å²) >= 11 is 12.1. The predicted molar refractivity (Wildman–Crippen MR) is 111 cm³/mol. The predicted octanol–water partition coefficient (Wildman–Crippen LogP) is 3.77. The second-order valence-electron chi connectivity index (χ2n) is 6.57. The second kappa shape index (κ2) is 7.38. The van der Waals surface area contributed by atoms with E-state index in [0.29, 0.717) is 22.0 Å². The molecule has 1 N–H and O–H groups in total. The fraction of sp³-hybridized carbons (Fsp3) is 0.111. The molecule has 3 aromatic rings. The van der Waals surface area contributed by atoms with Crippen molar-refractivity contribution in [3.05, 3.63) is 79.4 Å². The average molecular weight is 467 g/mol. The van der Waals surface area contributed by atoms with Crippen LogP contribution in [0.25, 0.3) is 5.69 Å². The molecule has 12 heteroatoms. The highest BCUT2D eigenvalue weighted by atomic mass is 35.5. The fourth-order valence-electron chi connectivity index (χ4n) is 3.14. The number of anilines is 1. The number of sulfone groups is 1. The first kappa shape index (κ1) is 20.3. The Bertz CT molecular complexity index is 1320. The van der Waals surface area contributed by atoms with E-state index in [1.54, 1.807) is 24.3 Å². The molecule has 0 aliphatic carbocycles. The Morgan fingerprint density at radius 3 is 2.63 bits per heavy atom. The van der Waals surface area contributed by atoms with Gasteiger partial charge in [0.1, 0.15) is 5.82 Å². The summed E-state index contributed by atoms with van der Waals surface area (Å²) in [6.07, 6.45) is 0. The lowest BCUT2D eigenvalue weighted by Gasteiger charge is -2.12. The number of carbonyl (C=O) groups excluding carboxylic acids is 1. The highest BCUT2D eigenvalue weighted by molar-refractivity contribution is 7.90. The third-order valence-corrected chi connectivity index (χ3v) is 6.48. The van der Waals surface area contributed by atoms with Crippen molar-refractivity contribution in [2.45, 2.75) is 11.5 Å². The number of aromatic nitrogens is 2. The highest BCUT2D eigenvalue weighted by Crippen LogP contribution is 2.34. The van der Waals surface area contributed by atoms with Crippen molar-refractivity contribution in [3.63, 3.8) is 0 Å². The van der Waals surface area contributed by atoms with Crippen LogP contribution in [0.4, 0.5) is 11.5 Å². The Morgan fingerprint density at radius 1 is 1.17 bits per heavy atom. The van der Waals surface area contributed by atoms with Gasteiger partial charge in [0.2, 0.25) is 0 Å². The maximum atomic E-state index is 12.9. The van der Waals surface area contributed by atoms with E-state index in [4.69, 9.17) is 23.2 Å². The molecule has 0 atom stereocenters. The van der Waals surface area contributed by atoms with Gasteiger partial charge in [-0.25, -0.2) is 13.1 Å². The topological polar surface area (TPSA) is 124 Å². The molecule has 30 heavy (non-hydrogen) atoms. The van der Waals surface area contributed by atoms with E-state index >= 15 is 0 Å². The zero-order valence-electron chi connectivity index (χ0n) is 15.0. The number of nitrogens with zero attached hydrogens (tertiary/aromatic N) is 3. The molecule has 0 radical (unpaired) electrons. The van der Waals surface area contributed by atoms with Gasteiger partial charge in [-0.1, -0.05) is 29.3 Å². The number of fused-ring (bicyclic) bond motifs is 1. The summed E-state index contributed by atoms with van der Waals surface area (Å²) in [7, 11) is -3.39. The van der Waals surface area contributed by atoms with Crippen LogP contribution in [0.2, 0.25) is 10.0 Å².